The predicted octanol–water partition coefficient (Wildman–Crippen LogP) is 3.22. The molecule has 0 aliphatic rings. The van der Waals surface area contributed by atoms with Crippen LogP contribution in [0.15, 0.2) is 31.1 Å². The summed E-state index contributed by atoms with van der Waals surface area (Å²) in [5, 5.41) is 5.23. The molecular formula is C23H34N6O5. The van der Waals surface area contributed by atoms with Crippen molar-refractivity contribution >= 4 is 29.5 Å². The van der Waals surface area contributed by atoms with Gasteiger partial charge in [0.05, 0.1) is 7.11 Å². The standard InChI is InChI=1S/C12H19N3O3.C11H15N3O2/c1-8(2)10(16)15-11-13-7-6-9(14-11)12(3,17-4)18-5;1-7(2)10(15)14-11-12-6-5-9(13-11)8(3)16-4/h6-8H,1-5H3,(H,13,14,15,16);5-7H,3H2,1-2,4H3,(H,12,13,14,15). The second kappa shape index (κ2) is 13.3. The van der Waals surface area contributed by atoms with Crippen LogP contribution in [-0.2, 0) is 29.6 Å². The van der Waals surface area contributed by atoms with Crippen LogP contribution in [0.3, 0.4) is 0 Å². The molecule has 186 valence electrons. The summed E-state index contributed by atoms with van der Waals surface area (Å²) >= 11 is 0. The second-order valence-electron chi connectivity index (χ2n) is 7.80. The summed E-state index contributed by atoms with van der Waals surface area (Å²) in [4.78, 5) is 39.2. The topological polar surface area (TPSA) is 137 Å². The summed E-state index contributed by atoms with van der Waals surface area (Å²) in [6.07, 6.45) is 3.09. The molecule has 2 heterocycles. The average Bonchev–Trinajstić information content (AvgIpc) is 2.83. The molecule has 0 bridgehead atoms. The van der Waals surface area contributed by atoms with Gasteiger partial charge in [0.25, 0.3) is 0 Å². The van der Waals surface area contributed by atoms with E-state index < -0.39 is 5.79 Å². The number of amides is 2. The van der Waals surface area contributed by atoms with Gasteiger partial charge in [-0.15, -0.1) is 0 Å². The lowest BCUT2D eigenvalue weighted by Gasteiger charge is -2.25. The van der Waals surface area contributed by atoms with Crippen LogP contribution in [-0.4, -0.2) is 53.1 Å². The lowest BCUT2D eigenvalue weighted by atomic mass is 10.2. The van der Waals surface area contributed by atoms with E-state index in [1.807, 2.05) is 0 Å². The van der Waals surface area contributed by atoms with Crippen LogP contribution in [0.1, 0.15) is 46.0 Å². The fourth-order valence-corrected chi connectivity index (χ4v) is 2.15. The molecule has 2 rings (SSSR count). The van der Waals surface area contributed by atoms with E-state index in [1.165, 1.54) is 21.3 Å². The summed E-state index contributed by atoms with van der Waals surface area (Å²) in [5.74, 6) is -0.529. The van der Waals surface area contributed by atoms with E-state index >= 15 is 0 Å². The summed E-state index contributed by atoms with van der Waals surface area (Å²) in [5.41, 5.74) is 1.10. The summed E-state index contributed by atoms with van der Waals surface area (Å²) in [7, 11) is 4.56. The van der Waals surface area contributed by atoms with Crippen molar-refractivity contribution in [2.75, 3.05) is 32.0 Å². The van der Waals surface area contributed by atoms with E-state index in [-0.39, 0.29) is 35.5 Å². The van der Waals surface area contributed by atoms with Crippen LogP contribution in [0.5, 0.6) is 0 Å². The first-order valence-electron chi connectivity index (χ1n) is 10.6. The van der Waals surface area contributed by atoms with Gasteiger partial charge in [0.2, 0.25) is 29.5 Å². The molecule has 0 spiro atoms. The van der Waals surface area contributed by atoms with Gasteiger partial charge in [-0.2, -0.15) is 0 Å². The van der Waals surface area contributed by atoms with Gasteiger partial charge in [0, 0.05) is 38.4 Å². The molecule has 0 fully saturated rings. The smallest absolute Gasteiger partial charge is 0.230 e. The van der Waals surface area contributed by atoms with E-state index in [0.717, 1.165) is 0 Å². The van der Waals surface area contributed by atoms with Gasteiger partial charge in [0.15, 0.2) is 0 Å². The average molecular weight is 475 g/mol. The molecule has 2 aromatic rings. The van der Waals surface area contributed by atoms with E-state index in [2.05, 4.69) is 37.1 Å². The fraction of sp³-hybridized carbons (Fsp3) is 0.478. The van der Waals surface area contributed by atoms with Crippen LogP contribution in [0, 0.1) is 11.8 Å². The Balaban J connectivity index is 0.000000342. The molecule has 0 saturated heterocycles. The largest absolute Gasteiger partial charge is 0.495 e. The van der Waals surface area contributed by atoms with E-state index in [0.29, 0.717) is 17.1 Å². The van der Waals surface area contributed by atoms with Crippen molar-refractivity contribution in [1.29, 1.82) is 0 Å². The minimum absolute atomic E-state index is 0.113. The molecular weight excluding hydrogens is 440 g/mol. The maximum absolute atomic E-state index is 11.6. The maximum Gasteiger partial charge on any atom is 0.230 e. The Bertz CT molecular complexity index is 976. The van der Waals surface area contributed by atoms with Gasteiger partial charge >= 0.3 is 0 Å². The zero-order valence-electron chi connectivity index (χ0n) is 21.0. The van der Waals surface area contributed by atoms with Gasteiger partial charge in [-0.3, -0.25) is 20.2 Å². The zero-order valence-corrected chi connectivity index (χ0v) is 21.0. The fourth-order valence-electron chi connectivity index (χ4n) is 2.15. The normalized spacial score (nSPS) is 10.9. The number of carbonyl (C=O) groups is 2. The Morgan fingerprint density at radius 2 is 1.35 bits per heavy atom. The molecule has 0 atom stereocenters. The Morgan fingerprint density at radius 1 is 0.882 bits per heavy atom. The lowest BCUT2D eigenvalue weighted by molar-refractivity contribution is -0.204. The highest BCUT2D eigenvalue weighted by Crippen LogP contribution is 2.23. The first kappa shape index (κ1) is 28.6. The quantitative estimate of drug-likeness (QED) is 0.414. The number of rotatable bonds is 9. The third-order valence-electron chi connectivity index (χ3n) is 4.61. The number of anilines is 2. The molecule has 2 aromatic heterocycles. The SMILES string of the molecule is C=C(OC)c1ccnc(NC(=O)C(C)C)n1.COC(C)(OC)c1ccnc(NC(=O)C(C)C)n1. The molecule has 0 radical (unpaired) electrons. The van der Waals surface area contributed by atoms with Crippen LogP contribution >= 0.6 is 0 Å². The number of nitrogens with one attached hydrogen (secondary N) is 2. The summed E-state index contributed by atoms with van der Waals surface area (Å²) in [6.45, 7) is 12.6. The third-order valence-corrected chi connectivity index (χ3v) is 4.61. The number of nitrogens with zero attached hydrogens (tertiary/aromatic N) is 4. The zero-order chi connectivity index (χ0) is 25.9. The molecule has 11 heteroatoms. The molecule has 0 unspecified atom stereocenters. The minimum atomic E-state index is -0.958. The Morgan fingerprint density at radius 3 is 1.79 bits per heavy atom. The highest BCUT2D eigenvalue weighted by molar-refractivity contribution is 5.90. The maximum atomic E-state index is 11.6. The molecule has 2 amide bonds. The van der Waals surface area contributed by atoms with Gasteiger partial charge in [-0.05, 0) is 19.1 Å². The Kier molecular flexibility index (Phi) is 11.2. The van der Waals surface area contributed by atoms with Crippen molar-refractivity contribution in [1.82, 2.24) is 19.9 Å². The summed E-state index contributed by atoms with van der Waals surface area (Å²) in [6, 6.07) is 3.34. The molecule has 0 aliphatic carbocycles. The van der Waals surface area contributed by atoms with E-state index in [4.69, 9.17) is 14.2 Å². The van der Waals surface area contributed by atoms with Crippen LogP contribution in [0.25, 0.3) is 5.76 Å². The van der Waals surface area contributed by atoms with Crippen molar-refractivity contribution in [2.45, 2.75) is 40.4 Å². The van der Waals surface area contributed by atoms with Crippen LogP contribution in [0.4, 0.5) is 11.9 Å². The minimum Gasteiger partial charge on any atom is -0.495 e. The third kappa shape index (κ3) is 8.49. The van der Waals surface area contributed by atoms with Gasteiger partial charge in [-0.25, -0.2) is 19.9 Å². The van der Waals surface area contributed by atoms with Gasteiger partial charge < -0.3 is 14.2 Å². The number of carbonyl (C=O) groups excluding carboxylic acids is 2. The molecule has 2 N–H and O–H groups in total. The molecule has 0 aliphatic heterocycles. The monoisotopic (exact) mass is 474 g/mol. The Hall–Kier alpha value is -3.44. The van der Waals surface area contributed by atoms with Gasteiger partial charge in [-0.1, -0.05) is 34.3 Å². The van der Waals surface area contributed by atoms with Crippen molar-refractivity contribution < 1.29 is 23.8 Å². The first-order valence-corrected chi connectivity index (χ1v) is 10.6. The van der Waals surface area contributed by atoms with Crippen molar-refractivity contribution in [3.63, 3.8) is 0 Å². The van der Waals surface area contributed by atoms with Crippen molar-refractivity contribution in [3.8, 4) is 0 Å². The molecule has 0 aromatic carbocycles. The van der Waals surface area contributed by atoms with E-state index in [1.54, 1.807) is 59.1 Å². The summed E-state index contributed by atoms with van der Waals surface area (Å²) < 4.78 is 15.5. The first-order chi connectivity index (χ1) is 16.0. The highest BCUT2D eigenvalue weighted by atomic mass is 16.7. The van der Waals surface area contributed by atoms with Crippen molar-refractivity contribution in [2.24, 2.45) is 11.8 Å². The number of methoxy groups -OCH3 is 3. The number of ether oxygens (including phenoxy) is 3. The van der Waals surface area contributed by atoms with Crippen LogP contribution in [0.2, 0.25) is 0 Å². The number of hydrogen-bond acceptors (Lipinski definition) is 9. The van der Waals surface area contributed by atoms with Crippen molar-refractivity contribution in [3.05, 3.63) is 42.5 Å². The molecule has 0 saturated carbocycles. The Labute approximate surface area is 200 Å². The molecule has 11 nitrogen and oxygen atoms in total. The second-order valence-corrected chi connectivity index (χ2v) is 7.80. The highest BCUT2D eigenvalue weighted by Gasteiger charge is 2.28. The lowest BCUT2D eigenvalue weighted by Crippen LogP contribution is -2.29. The predicted molar refractivity (Wildman–Crippen MR) is 128 cm³/mol. The number of hydrogen-bond donors (Lipinski definition) is 2. The molecule has 34 heavy (non-hydrogen) atoms. The van der Waals surface area contributed by atoms with Crippen LogP contribution < -0.4 is 10.6 Å². The van der Waals surface area contributed by atoms with Gasteiger partial charge in [0.1, 0.15) is 17.1 Å². The van der Waals surface area contributed by atoms with E-state index in [9.17, 15) is 9.59 Å². The number of aromatic nitrogens is 4.